The molecule has 0 heterocycles. The van der Waals surface area contributed by atoms with Crippen molar-refractivity contribution in [1.82, 2.24) is 5.32 Å². The van der Waals surface area contributed by atoms with Crippen molar-refractivity contribution < 1.29 is 9.53 Å². The molecule has 0 saturated heterocycles. The third kappa shape index (κ3) is 9.93. The monoisotopic (exact) mass is 230 g/mol. The van der Waals surface area contributed by atoms with Gasteiger partial charge >= 0.3 is 0 Å². The Bertz CT molecular complexity index is 184. The maximum atomic E-state index is 11.3. The molecule has 1 amide bonds. The van der Waals surface area contributed by atoms with Gasteiger partial charge in [-0.1, -0.05) is 26.7 Å². The van der Waals surface area contributed by atoms with Crippen LogP contribution in [0.1, 0.15) is 40.0 Å². The number of carbonyl (C=O) groups is 1. The minimum Gasteiger partial charge on any atom is -0.370 e. The van der Waals surface area contributed by atoms with Crippen LogP contribution in [0.15, 0.2) is 0 Å². The molecule has 0 rings (SSSR count). The van der Waals surface area contributed by atoms with E-state index in [4.69, 9.17) is 10.5 Å². The summed E-state index contributed by atoms with van der Waals surface area (Å²) in [5.74, 6) is 0.682. The maximum absolute atomic E-state index is 11.3. The number of nitrogens with one attached hydrogen (secondary N) is 1. The van der Waals surface area contributed by atoms with Gasteiger partial charge in [0.05, 0.1) is 6.61 Å². The Kier molecular flexibility index (Phi) is 9.24. The first kappa shape index (κ1) is 15.4. The molecule has 1 unspecified atom stereocenters. The molecule has 0 bridgehead atoms. The Labute approximate surface area is 98.9 Å². The zero-order valence-electron chi connectivity index (χ0n) is 10.8. The topological polar surface area (TPSA) is 64.3 Å². The van der Waals surface area contributed by atoms with Crippen molar-refractivity contribution in [2.75, 3.05) is 19.8 Å². The van der Waals surface area contributed by atoms with Gasteiger partial charge in [-0.25, -0.2) is 0 Å². The molecule has 0 fully saturated rings. The third-order valence-electron chi connectivity index (χ3n) is 2.32. The maximum Gasteiger partial charge on any atom is 0.246 e. The lowest BCUT2D eigenvalue weighted by Crippen LogP contribution is -2.35. The zero-order valence-corrected chi connectivity index (χ0v) is 10.8. The molecule has 0 radical (unpaired) electrons. The minimum absolute atomic E-state index is 0.0505. The Morgan fingerprint density at radius 3 is 2.56 bits per heavy atom. The Morgan fingerprint density at radius 2 is 2.00 bits per heavy atom. The normalized spacial score (nSPS) is 12.8. The molecule has 0 aromatic carbocycles. The molecule has 0 aromatic heterocycles. The summed E-state index contributed by atoms with van der Waals surface area (Å²) >= 11 is 0. The molecule has 0 aliphatic carbocycles. The van der Waals surface area contributed by atoms with Gasteiger partial charge in [-0.15, -0.1) is 0 Å². The lowest BCUT2D eigenvalue weighted by atomic mass is 10.0. The minimum atomic E-state index is -0.0505. The van der Waals surface area contributed by atoms with E-state index in [2.05, 4.69) is 19.2 Å². The summed E-state index contributed by atoms with van der Waals surface area (Å²) in [6, 6.07) is 0.229. The standard InChI is InChI=1S/C12H26N2O2/c1-10(2)5-4-6-11(3)14-12(15)9-16-8-7-13/h10-11H,4-9,13H2,1-3H3,(H,14,15). The van der Waals surface area contributed by atoms with Gasteiger partial charge in [-0.2, -0.15) is 0 Å². The molecule has 96 valence electrons. The third-order valence-corrected chi connectivity index (χ3v) is 2.32. The van der Waals surface area contributed by atoms with Gasteiger partial charge in [-0.05, 0) is 19.3 Å². The Hall–Kier alpha value is -0.610. The number of rotatable bonds is 9. The first-order chi connectivity index (χ1) is 7.56. The molecular weight excluding hydrogens is 204 g/mol. The van der Waals surface area contributed by atoms with Crippen LogP contribution >= 0.6 is 0 Å². The molecule has 4 nitrogen and oxygen atoms in total. The first-order valence-electron chi connectivity index (χ1n) is 6.13. The molecule has 0 spiro atoms. The van der Waals surface area contributed by atoms with Gasteiger partial charge in [0.2, 0.25) is 5.91 Å². The molecule has 4 heteroatoms. The van der Waals surface area contributed by atoms with Crippen LogP contribution in [0.2, 0.25) is 0 Å². The van der Waals surface area contributed by atoms with E-state index in [1.807, 2.05) is 6.92 Å². The van der Waals surface area contributed by atoms with Gasteiger partial charge < -0.3 is 15.8 Å². The highest BCUT2D eigenvalue weighted by Crippen LogP contribution is 2.07. The summed E-state index contributed by atoms with van der Waals surface area (Å²) in [6.45, 7) is 7.47. The number of amides is 1. The van der Waals surface area contributed by atoms with Gasteiger partial charge in [0, 0.05) is 12.6 Å². The van der Waals surface area contributed by atoms with E-state index in [0.717, 1.165) is 18.8 Å². The van der Waals surface area contributed by atoms with Gasteiger partial charge in [0.25, 0.3) is 0 Å². The van der Waals surface area contributed by atoms with Crippen LogP contribution in [-0.2, 0) is 9.53 Å². The van der Waals surface area contributed by atoms with E-state index in [9.17, 15) is 4.79 Å². The Balaban J connectivity index is 3.46. The van der Waals surface area contributed by atoms with E-state index < -0.39 is 0 Å². The second-order valence-electron chi connectivity index (χ2n) is 4.63. The highest BCUT2D eigenvalue weighted by atomic mass is 16.5. The van der Waals surface area contributed by atoms with Crippen LogP contribution in [0.4, 0.5) is 0 Å². The fraction of sp³-hybridized carbons (Fsp3) is 0.917. The average molecular weight is 230 g/mol. The van der Waals surface area contributed by atoms with E-state index in [-0.39, 0.29) is 18.6 Å². The van der Waals surface area contributed by atoms with Crippen molar-refractivity contribution >= 4 is 5.91 Å². The largest absolute Gasteiger partial charge is 0.370 e. The molecule has 16 heavy (non-hydrogen) atoms. The molecule has 0 aliphatic rings. The molecule has 3 N–H and O–H groups in total. The first-order valence-corrected chi connectivity index (χ1v) is 6.13. The summed E-state index contributed by atoms with van der Waals surface area (Å²) in [7, 11) is 0. The van der Waals surface area contributed by atoms with Crippen molar-refractivity contribution in [3.05, 3.63) is 0 Å². The number of carbonyl (C=O) groups excluding carboxylic acids is 1. The van der Waals surface area contributed by atoms with E-state index >= 15 is 0 Å². The van der Waals surface area contributed by atoms with Crippen molar-refractivity contribution in [3.8, 4) is 0 Å². The second-order valence-corrected chi connectivity index (χ2v) is 4.63. The molecule has 0 aromatic rings. The van der Waals surface area contributed by atoms with Crippen LogP contribution < -0.4 is 11.1 Å². The van der Waals surface area contributed by atoms with Crippen LogP contribution in [-0.4, -0.2) is 31.7 Å². The van der Waals surface area contributed by atoms with Crippen molar-refractivity contribution in [2.45, 2.75) is 46.1 Å². The molecule has 0 saturated carbocycles. The smallest absolute Gasteiger partial charge is 0.246 e. The number of hydrogen-bond donors (Lipinski definition) is 2. The second kappa shape index (κ2) is 9.60. The predicted octanol–water partition coefficient (Wildman–Crippen LogP) is 1.29. The summed E-state index contributed by atoms with van der Waals surface area (Å²) in [4.78, 5) is 11.3. The summed E-state index contributed by atoms with van der Waals surface area (Å²) in [5.41, 5.74) is 5.25. The lowest BCUT2D eigenvalue weighted by Gasteiger charge is -2.14. The molecular formula is C12H26N2O2. The summed E-state index contributed by atoms with van der Waals surface area (Å²) in [6.07, 6.45) is 3.40. The van der Waals surface area contributed by atoms with Gasteiger partial charge in [-0.3, -0.25) is 4.79 Å². The SMILES string of the molecule is CC(C)CCCC(C)NC(=O)COCCN. The predicted molar refractivity (Wildman–Crippen MR) is 66.2 cm³/mol. The Morgan fingerprint density at radius 1 is 1.31 bits per heavy atom. The van der Waals surface area contributed by atoms with Crippen molar-refractivity contribution in [2.24, 2.45) is 11.7 Å². The number of hydrogen-bond acceptors (Lipinski definition) is 3. The van der Waals surface area contributed by atoms with Gasteiger partial charge in [0.1, 0.15) is 6.61 Å². The van der Waals surface area contributed by atoms with Crippen LogP contribution in [0.3, 0.4) is 0 Å². The highest BCUT2D eigenvalue weighted by Gasteiger charge is 2.07. The van der Waals surface area contributed by atoms with Crippen LogP contribution in [0.5, 0.6) is 0 Å². The molecule has 0 aliphatic heterocycles. The fourth-order valence-electron chi connectivity index (χ4n) is 1.47. The lowest BCUT2D eigenvalue weighted by molar-refractivity contribution is -0.126. The van der Waals surface area contributed by atoms with Crippen LogP contribution in [0.25, 0.3) is 0 Å². The van der Waals surface area contributed by atoms with Crippen molar-refractivity contribution in [1.29, 1.82) is 0 Å². The summed E-state index contributed by atoms with van der Waals surface area (Å²) < 4.78 is 5.05. The van der Waals surface area contributed by atoms with E-state index in [1.165, 1.54) is 6.42 Å². The average Bonchev–Trinajstić information content (AvgIpc) is 2.17. The van der Waals surface area contributed by atoms with Crippen molar-refractivity contribution in [3.63, 3.8) is 0 Å². The molecule has 1 atom stereocenters. The fourth-order valence-corrected chi connectivity index (χ4v) is 1.47. The van der Waals surface area contributed by atoms with E-state index in [0.29, 0.717) is 13.2 Å². The quantitative estimate of drug-likeness (QED) is 0.587. The zero-order chi connectivity index (χ0) is 12.4. The highest BCUT2D eigenvalue weighted by molar-refractivity contribution is 5.77. The summed E-state index contributed by atoms with van der Waals surface area (Å²) in [5, 5.41) is 2.91. The number of ether oxygens (including phenoxy) is 1. The van der Waals surface area contributed by atoms with Crippen LogP contribution in [0, 0.1) is 5.92 Å². The number of nitrogens with two attached hydrogens (primary N) is 1. The van der Waals surface area contributed by atoms with E-state index in [1.54, 1.807) is 0 Å². The van der Waals surface area contributed by atoms with Gasteiger partial charge in [0.15, 0.2) is 0 Å².